The van der Waals surface area contributed by atoms with Crippen molar-refractivity contribution in [2.75, 3.05) is 5.32 Å². The molecule has 0 aliphatic heterocycles. The number of nitrogens with one attached hydrogen (secondary N) is 1. The molecule has 1 aromatic carbocycles. The molecular weight excluding hydrogens is 409 g/mol. The minimum Gasteiger partial charge on any atom is -0.325 e. The normalized spacial score (nSPS) is 11.3. The Hall–Kier alpha value is -4.26. The number of carbonyl (C=O) groups excluding carboxylic acids is 1. The summed E-state index contributed by atoms with van der Waals surface area (Å²) in [5.41, 5.74) is 1.31. The highest BCUT2D eigenvalue weighted by Gasteiger charge is 2.32. The number of nitrogens with zero attached hydrogens (tertiary/aromatic N) is 5. The summed E-state index contributed by atoms with van der Waals surface area (Å²) in [5.74, 6) is -0.295. The Morgan fingerprint density at radius 1 is 1.13 bits per heavy atom. The molecule has 0 aliphatic rings. The Labute approximate surface area is 173 Å². The Kier molecular flexibility index (Phi) is 4.87. The summed E-state index contributed by atoms with van der Waals surface area (Å²) < 4.78 is 40.5. The molecule has 1 N–H and O–H groups in total. The van der Waals surface area contributed by atoms with Crippen molar-refractivity contribution in [1.82, 2.24) is 19.7 Å². The second kappa shape index (κ2) is 7.53. The monoisotopic (exact) mass is 422 g/mol. The van der Waals surface area contributed by atoms with E-state index in [1.54, 1.807) is 24.4 Å². The summed E-state index contributed by atoms with van der Waals surface area (Å²) in [4.78, 5) is 19.1. The third-order valence-corrected chi connectivity index (χ3v) is 4.44. The van der Waals surface area contributed by atoms with Crippen molar-refractivity contribution in [1.29, 1.82) is 5.26 Å². The molecule has 0 atom stereocenters. The molecule has 4 aromatic rings. The number of hydrogen-bond donors (Lipinski definition) is 1. The number of pyridine rings is 2. The zero-order valence-corrected chi connectivity index (χ0v) is 16.0. The van der Waals surface area contributed by atoms with Gasteiger partial charge in [-0.25, -0.2) is 9.67 Å². The first-order chi connectivity index (χ1) is 14.8. The molecule has 0 aliphatic carbocycles. The molecule has 7 nitrogen and oxygen atoms in total. The molecular formula is C21H13F3N6O. The second-order valence-electron chi connectivity index (χ2n) is 6.65. The molecule has 154 valence electrons. The van der Waals surface area contributed by atoms with Crippen LogP contribution in [0.5, 0.6) is 0 Å². The molecule has 4 rings (SSSR count). The van der Waals surface area contributed by atoms with E-state index in [9.17, 15) is 23.2 Å². The van der Waals surface area contributed by atoms with E-state index in [1.807, 2.05) is 0 Å². The topological polar surface area (TPSA) is 96.5 Å². The van der Waals surface area contributed by atoms with Crippen molar-refractivity contribution in [2.45, 2.75) is 13.1 Å². The molecule has 0 saturated carbocycles. The number of aromatic nitrogens is 4. The molecule has 3 heterocycles. The molecule has 0 fully saturated rings. The summed E-state index contributed by atoms with van der Waals surface area (Å²) >= 11 is 0. The largest absolute Gasteiger partial charge is 0.433 e. The fraction of sp³-hybridized carbons (Fsp3) is 0.0952. The summed E-state index contributed by atoms with van der Waals surface area (Å²) in [7, 11) is 0. The molecule has 31 heavy (non-hydrogen) atoms. The van der Waals surface area contributed by atoms with Gasteiger partial charge in [-0.05, 0) is 35.9 Å². The first-order valence-electron chi connectivity index (χ1n) is 8.96. The van der Waals surface area contributed by atoms with Crippen molar-refractivity contribution in [3.63, 3.8) is 0 Å². The van der Waals surface area contributed by atoms with E-state index in [2.05, 4.69) is 26.5 Å². The number of amides is 1. The maximum atomic E-state index is 13.1. The Bertz CT molecular complexity index is 1350. The molecule has 0 radical (unpaired) electrons. The van der Waals surface area contributed by atoms with Crippen molar-refractivity contribution in [2.24, 2.45) is 0 Å². The number of halogens is 3. The lowest BCUT2D eigenvalue weighted by molar-refractivity contribution is -0.141. The Morgan fingerprint density at radius 3 is 2.65 bits per heavy atom. The number of hydrogen-bond acceptors (Lipinski definition) is 5. The van der Waals surface area contributed by atoms with Gasteiger partial charge in [0.25, 0.3) is 0 Å². The number of fused-ring (bicyclic) bond motifs is 1. The van der Waals surface area contributed by atoms with Gasteiger partial charge in [0, 0.05) is 24.1 Å². The van der Waals surface area contributed by atoms with E-state index in [-0.39, 0.29) is 17.3 Å². The summed E-state index contributed by atoms with van der Waals surface area (Å²) in [6.07, 6.45) is -0.161. The van der Waals surface area contributed by atoms with E-state index < -0.39 is 11.9 Å². The van der Waals surface area contributed by atoms with E-state index in [4.69, 9.17) is 0 Å². The van der Waals surface area contributed by atoms with Crippen LogP contribution in [0.4, 0.5) is 18.9 Å². The maximum Gasteiger partial charge on any atom is 0.433 e. The van der Waals surface area contributed by atoms with Crippen LogP contribution in [0.2, 0.25) is 0 Å². The number of nitriles is 1. The predicted octanol–water partition coefficient (Wildman–Crippen LogP) is 4.33. The average Bonchev–Trinajstić information content (AvgIpc) is 3.16. The Balaban J connectivity index is 1.89. The fourth-order valence-electron chi connectivity index (χ4n) is 3.14. The SMILES string of the molecule is CC(=O)Nc1cncc(-c2cc(C#N)c3cnn(-c4cccc(C(F)(F)F)n4)c3c2)c1. The van der Waals surface area contributed by atoms with Crippen LogP contribution in [-0.2, 0) is 11.0 Å². The highest BCUT2D eigenvalue weighted by molar-refractivity contribution is 5.92. The summed E-state index contributed by atoms with van der Waals surface area (Å²) in [5, 5.41) is 16.8. The number of anilines is 1. The molecule has 1 amide bonds. The zero-order valence-electron chi connectivity index (χ0n) is 16.0. The zero-order chi connectivity index (χ0) is 22.2. The van der Waals surface area contributed by atoms with Crippen molar-refractivity contribution >= 4 is 22.5 Å². The number of alkyl halides is 3. The minimum absolute atomic E-state index is 0.0315. The quantitative estimate of drug-likeness (QED) is 0.530. The van der Waals surface area contributed by atoms with Gasteiger partial charge in [0.2, 0.25) is 5.91 Å². The van der Waals surface area contributed by atoms with Crippen molar-refractivity contribution in [3.8, 4) is 23.0 Å². The van der Waals surface area contributed by atoms with Crippen LogP contribution in [-0.4, -0.2) is 25.7 Å². The summed E-state index contributed by atoms with van der Waals surface area (Å²) in [6, 6.07) is 10.6. The molecule has 0 saturated heterocycles. The van der Waals surface area contributed by atoms with Crippen molar-refractivity contribution < 1.29 is 18.0 Å². The van der Waals surface area contributed by atoms with Gasteiger partial charge >= 0.3 is 6.18 Å². The van der Waals surface area contributed by atoms with Crippen LogP contribution in [0.15, 0.2) is 55.0 Å². The van der Waals surface area contributed by atoms with Crippen LogP contribution in [0, 0.1) is 11.3 Å². The molecule has 3 aromatic heterocycles. The predicted molar refractivity (Wildman–Crippen MR) is 106 cm³/mol. The number of rotatable bonds is 3. The Morgan fingerprint density at radius 2 is 1.94 bits per heavy atom. The van der Waals surface area contributed by atoms with E-state index in [0.29, 0.717) is 27.7 Å². The standard InChI is InChI=1S/C21H13F3N6O/c1-12(31)28-16-6-15(9-26-10-16)13-5-14(8-25)17-11-27-30(18(17)7-13)20-4-2-3-19(29-20)21(22,23)24/h2-7,9-11H,1H3,(H,28,31). The lowest BCUT2D eigenvalue weighted by Crippen LogP contribution is -2.10. The van der Waals surface area contributed by atoms with Crippen LogP contribution in [0.1, 0.15) is 18.2 Å². The van der Waals surface area contributed by atoms with Crippen LogP contribution >= 0.6 is 0 Å². The second-order valence-corrected chi connectivity index (χ2v) is 6.65. The average molecular weight is 422 g/mol. The van der Waals surface area contributed by atoms with Gasteiger partial charge in [0.15, 0.2) is 5.82 Å². The van der Waals surface area contributed by atoms with Crippen LogP contribution < -0.4 is 5.32 Å². The highest BCUT2D eigenvalue weighted by Crippen LogP contribution is 2.31. The third-order valence-electron chi connectivity index (χ3n) is 4.44. The van der Waals surface area contributed by atoms with E-state index in [1.165, 1.54) is 36.1 Å². The lowest BCUT2D eigenvalue weighted by Gasteiger charge is -2.10. The smallest absolute Gasteiger partial charge is 0.325 e. The highest BCUT2D eigenvalue weighted by atomic mass is 19.4. The number of carbonyl (C=O) groups is 1. The van der Waals surface area contributed by atoms with Crippen LogP contribution in [0.25, 0.3) is 27.8 Å². The molecule has 0 bridgehead atoms. The van der Waals surface area contributed by atoms with Gasteiger partial charge in [-0.3, -0.25) is 9.78 Å². The fourth-order valence-corrected chi connectivity index (χ4v) is 3.14. The molecule has 0 spiro atoms. The van der Waals surface area contributed by atoms with E-state index >= 15 is 0 Å². The first-order valence-corrected chi connectivity index (χ1v) is 8.96. The lowest BCUT2D eigenvalue weighted by atomic mass is 10.0. The van der Waals surface area contributed by atoms with Gasteiger partial charge < -0.3 is 5.32 Å². The minimum atomic E-state index is -4.60. The summed E-state index contributed by atoms with van der Waals surface area (Å²) in [6.45, 7) is 1.37. The van der Waals surface area contributed by atoms with Crippen molar-refractivity contribution in [3.05, 3.63) is 66.2 Å². The van der Waals surface area contributed by atoms with E-state index in [0.717, 1.165) is 6.07 Å². The molecule has 10 heteroatoms. The van der Waals surface area contributed by atoms with Gasteiger partial charge in [0.05, 0.1) is 35.2 Å². The van der Waals surface area contributed by atoms with Gasteiger partial charge in [0.1, 0.15) is 5.69 Å². The molecule has 0 unspecified atom stereocenters. The third kappa shape index (κ3) is 3.93. The van der Waals surface area contributed by atoms with Crippen LogP contribution in [0.3, 0.4) is 0 Å². The number of benzene rings is 1. The van der Waals surface area contributed by atoms with Gasteiger partial charge in [-0.1, -0.05) is 6.07 Å². The first kappa shape index (κ1) is 20.0. The van der Waals surface area contributed by atoms with Gasteiger partial charge in [-0.2, -0.15) is 23.5 Å². The maximum absolute atomic E-state index is 13.1. The van der Waals surface area contributed by atoms with Gasteiger partial charge in [-0.15, -0.1) is 0 Å².